The van der Waals surface area contributed by atoms with Gasteiger partial charge in [-0.25, -0.2) is 9.37 Å². The van der Waals surface area contributed by atoms with E-state index in [1.54, 1.807) is 18.2 Å². The molecule has 122 valence electrons. The van der Waals surface area contributed by atoms with Crippen LogP contribution in [0.25, 0.3) is 16.3 Å². The molecule has 0 atom stereocenters. The number of benzene rings is 2. The zero-order valence-corrected chi connectivity index (χ0v) is 13.8. The maximum Gasteiger partial charge on any atom is 0.250 e. The number of fused-ring (bicyclic) bond motifs is 1. The minimum absolute atomic E-state index is 0.316. The number of ether oxygens (including phenoxy) is 1. The molecule has 0 saturated heterocycles. The molecule has 1 heterocycles. The summed E-state index contributed by atoms with van der Waals surface area (Å²) >= 11 is 1.37. The number of thiazole rings is 1. The molecule has 0 radical (unpaired) electrons. The summed E-state index contributed by atoms with van der Waals surface area (Å²) in [6.45, 7) is 2.52. The molecule has 0 spiro atoms. The van der Waals surface area contributed by atoms with Crippen LogP contribution in [0.2, 0.25) is 0 Å². The highest BCUT2D eigenvalue weighted by Crippen LogP contribution is 2.29. The van der Waals surface area contributed by atoms with Gasteiger partial charge in [-0.3, -0.25) is 10.1 Å². The van der Waals surface area contributed by atoms with Crippen LogP contribution >= 0.6 is 11.3 Å². The van der Waals surface area contributed by atoms with E-state index in [0.717, 1.165) is 16.0 Å². The summed E-state index contributed by atoms with van der Waals surface area (Å²) in [5, 5.41) is 3.22. The van der Waals surface area contributed by atoms with Gasteiger partial charge in [0, 0.05) is 6.08 Å². The molecule has 2 aromatic carbocycles. The van der Waals surface area contributed by atoms with Crippen molar-refractivity contribution < 1.29 is 13.9 Å². The maximum atomic E-state index is 13.1. The van der Waals surface area contributed by atoms with Crippen molar-refractivity contribution in [3.63, 3.8) is 0 Å². The molecule has 0 fully saturated rings. The highest BCUT2D eigenvalue weighted by Gasteiger charge is 2.07. The Morgan fingerprint density at radius 1 is 1.33 bits per heavy atom. The number of amides is 1. The molecular formula is C18H15FN2O2S. The predicted molar refractivity (Wildman–Crippen MR) is 94.9 cm³/mol. The fourth-order valence-electron chi connectivity index (χ4n) is 2.14. The lowest BCUT2D eigenvalue weighted by Crippen LogP contribution is -2.07. The van der Waals surface area contributed by atoms with Crippen LogP contribution in [-0.4, -0.2) is 17.5 Å². The van der Waals surface area contributed by atoms with Gasteiger partial charge < -0.3 is 4.74 Å². The molecule has 0 aliphatic heterocycles. The van der Waals surface area contributed by atoms with Crippen molar-refractivity contribution in [1.29, 1.82) is 0 Å². The largest absolute Gasteiger partial charge is 0.494 e. The standard InChI is InChI=1S/C18H15FN2O2S/c1-2-23-14-7-8-15-16(11-14)24-18(20-15)21-17(22)9-6-12-4-3-5-13(19)10-12/h3-11H,2H2,1H3,(H,20,21,22)/b9-6+. The number of rotatable bonds is 5. The monoisotopic (exact) mass is 342 g/mol. The summed E-state index contributed by atoms with van der Waals surface area (Å²) in [6.07, 6.45) is 2.91. The summed E-state index contributed by atoms with van der Waals surface area (Å²) in [5.74, 6) is 0.120. The Morgan fingerprint density at radius 3 is 3.00 bits per heavy atom. The molecule has 3 rings (SSSR count). The first kappa shape index (κ1) is 16.1. The van der Waals surface area contributed by atoms with Gasteiger partial charge in [-0.1, -0.05) is 23.5 Å². The van der Waals surface area contributed by atoms with Crippen molar-refractivity contribution in [3.8, 4) is 5.75 Å². The van der Waals surface area contributed by atoms with Crippen LogP contribution in [0.4, 0.5) is 9.52 Å². The third-order valence-corrected chi connectivity index (χ3v) is 4.11. The van der Waals surface area contributed by atoms with Crippen molar-refractivity contribution in [2.75, 3.05) is 11.9 Å². The Balaban J connectivity index is 1.71. The minimum atomic E-state index is -0.339. The molecule has 0 aliphatic rings. The molecule has 24 heavy (non-hydrogen) atoms. The smallest absolute Gasteiger partial charge is 0.250 e. The Labute approximate surface area is 142 Å². The first-order chi connectivity index (χ1) is 11.6. The van der Waals surface area contributed by atoms with E-state index in [2.05, 4.69) is 10.3 Å². The summed E-state index contributed by atoms with van der Waals surface area (Å²) in [7, 11) is 0. The van der Waals surface area contributed by atoms with E-state index < -0.39 is 0 Å². The number of nitrogens with one attached hydrogen (secondary N) is 1. The summed E-state index contributed by atoms with van der Waals surface area (Å²) < 4.78 is 19.5. The molecule has 0 aliphatic carbocycles. The Kier molecular flexibility index (Phi) is 4.86. The topological polar surface area (TPSA) is 51.2 Å². The second-order valence-corrected chi connectivity index (χ2v) is 5.99. The van der Waals surface area contributed by atoms with Gasteiger partial charge in [0.1, 0.15) is 11.6 Å². The average molecular weight is 342 g/mol. The summed E-state index contributed by atoms with van der Waals surface area (Å²) in [5.41, 5.74) is 1.42. The van der Waals surface area contributed by atoms with Crippen molar-refractivity contribution in [2.45, 2.75) is 6.92 Å². The lowest BCUT2D eigenvalue weighted by Gasteiger charge is -2.00. The molecule has 0 unspecified atom stereocenters. The Hall–Kier alpha value is -2.73. The van der Waals surface area contributed by atoms with Gasteiger partial charge in [-0.05, 0) is 48.9 Å². The van der Waals surface area contributed by atoms with Crippen LogP contribution in [0.1, 0.15) is 12.5 Å². The van der Waals surface area contributed by atoms with Crippen molar-refractivity contribution in [3.05, 3.63) is 59.9 Å². The number of halogens is 1. The van der Waals surface area contributed by atoms with E-state index in [4.69, 9.17) is 4.74 Å². The van der Waals surface area contributed by atoms with Crippen LogP contribution in [0.3, 0.4) is 0 Å². The summed E-state index contributed by atoms with van der Waals surface area (Å²) in [6, 6.07) is 11.6. The highest BCUT2D eigenvalue weighted by atomic mass is 32.1. The fourth-order valence-corrected chi connectivity index (χ4v) is 3.04. The van der Waals surface area contributed by atoms with Crippen LogP contribution in [-0.2, 0) is 4.79 Å². The zero-order chi connectivity index (χ0) is 16.9. The van der Waals surface area contributed by atoms with Crippen molar-refractivity contribution in [2.24, 2.45) is 0 Å². The third-order valence-electron chi connectivity index (χ3n) is 3.18. The molecule has 4 nitrogen and oxygen atoms in total. The molecule has 1 N–H and O–H groups in total. The number of anilines is 1. The lowest BCUT2D eigenvalue weighted by atomic mass is 10.2. The van der Waals surface area contributed by atoms with E-state index in [9.17, 15) is 9.18 Å². The quantitative estimate of drug-likeness (QED) is 0.695. The normalized spacial score (nSPS) is 11.1. The number of carbonyl (C=O) groups is 1. The zero-order valence-electron chi connectivity index (χ0n) is 13.0. The number of nitrogens with zero attached hydrogens (tertiary/aromatic N) is 1. The molecule has 0 saturated carbocycles. The molecule has 1 aromatic heterocycles. The van der Waals surface area contributed by atoms with Crippen LogP contribution < -0.4 is 10.1 Å². The minimum Gasteiger partial charge on any atom is -0.494 e. The second-order valence-electron chi connectivity index (χ2n) is 4.96. The van der Waals surface area contributed by atoms with E-state index in [-0.39, 0.29) is 11.7 Å². The predicted octanol–water partition coefficient (Wildman–Crippen LogP) is 4.49. The molecule has 0 bridgehead atoms. The van der Waals surface area contributed by atoms with Gasteiger partial charge in [0.05, 0.1) is 16.8 Å². The van der Waals surface area contributed by atoms with E-state index >= 15 is 0 Å². The van der Waals surface area contributed by atoms with Gasteiger partial charge >= 0.3 is 0 Å². The molecule has 1 amide bonds. The average Bonchev–Trinajstić information content (AvgIpc) is 2.95. The van der Waals surface area contributed by atoms with Crippen molar-refractivity contribution >= 4 is 38.7 Å². The summed E-state index contributed by atoms with van der Waals surface area (Å²) in [4.78, 5) is 16.3. The Bertz CT molecular complexity index is 905. The molecular weight excluding hydrogens is 327 g/mol. The van der Waals surface area contributed by atoms with Gasteiger partial charge in [0.15, 0.2) is 5.13 Å². The second kappa shape index (κ2) is 7.23. The van der Waals surface area contributed by atoms with E-state index in [0.29, 0.717) is 17.3 Å². The first-order valence-electron chi connectivity index (χ1n) is 7.42. The lowest BCUT2D eigenvalue weighted by molar-refractivity contribution is -0.111. The van der Waals surface area contributed by atoms with Crippen LogP contribution in [0.5, 0.6) is 5.75 Å². The van der Waals surface area contributed by atoms with Gasteiger partial charge in [0.2, 0.25) is 5.91 Å². The van der Waals surface area contributed by atoms with Crippen LogP contribution in [0.15, 0.2) is 48.5 Å². The SMILES string of the molecule is CCOc1ccc2nc(NC(=O)/C=C/c3cccc(F)c3)sc2c1. The third kappa shape index (κ3) is 3.97. The van der Waals surface area contributed by atoms with E-state index in [1.165, 1.54) is 29.5 Å². The number of aromatic nitrogens is 1. The number of carbonyl (C=O) groups excluding carboxylic acids is 1. The van der Waals surface area contributed by atoms with Gasteiger partial charge in [-0.2, -0.15) is 0 Å². The van der Waals surface area contributed by atoms with Gasteiger partial charge in [0.25, 0.3) is 0 Å². The number of hydrogen-bond acceptors (Lipinski definition) is 4. The molecule has 3 aromatic rings. The molecule has 6 heteroatoms. The maximum absolute atomic E-state index is 13.1. The van der Waals surface area contributed by atoms with Gasteiger partial charge in [-0.15, -0.1) is 0 Å². The van der Waals surface area contributed by atoms with Crippen molar-refractivity contribution in [1.82, 2.24) is 4.98 Å². The Morgan fingerprint density at radius 2 is 2.21 bits per heavy atom. The van der Waals surface area contributed by atoms with E-state index in [1.807, 2.05) is 25.1 Å². The first-order valence-corrected chi connectivity index (χ1v) is 8.24. The number of hydrogen-bond donors (Lipinski definition) is 1. The fraction of sp³-hybridized carbons (Fsp3) is 0.111. The highest BCUT2D eigenvalue weighted by molar-refractivity contribution is 7.22. The van der Waals surface area contributed by atoms with Crippen LogP contribution in [0, 0.1) is 5.82 Å².